The minimum Gasteiger partial charge on any atom is -0.495 e. The van der Waals surface area contributed by atoms with Crippen molar-refractivity contribution in [3.63, 3.8) is 0 Å². The summed E-state index contributed by atoms with van der Waals surface area (Å²) < 4.78 is 39.2. The molecule has 0 bridgehead atoms. The quantitative estimate of drug-likeness (QED) is 0.702. The smallest absolute Gasteiger partial charge is 0.253 e. The van der Waals surface area contributed by atoms with Crippen molar-refractivity contribution in [2.24, 2.45) is 11.8 Å². The molecule has 2 fully saturated rings. The maximum absolute atomic E-state index is 13.4. The number of hydrogen-bond donors (Lipinski definition) is 0. The van der Waals surface area contributed by atoms with Crippen LogP contribution in [0.4, 0.5) is 0 Å². The summed E-state index contributed by atoms with van der Waals surface area (Å²) in [6.45, 7) is 6.31. The van der Waals surface area contributed by atoms with Gasteiger partial charge in [0.2, 0.25) is 10.0 Å². The molecule has 1 amide bonds. The zero-order chi connectivity index (χ0) is 21.2. The first-order chi connectivity index (χ1) is 13.7. The summed E-state index contributed by atoms with van der Waals surface area (Å²) in [5.41, 5.74) is 0.336. The van der Waals surface area contributed by atoms with E-state index < -0.39 is 10.0 Å². The van der Waals surface area contributed by atoms with Crippen LogP contribution in [0.25, 0.3) is 0 Å². The van der Waals surface area contributed by atoms with Crippen molar-refractivity contribution in [3.05, 3.63) is 23.8 Å². The Morgan fingerprint density at radius 2 is 1.97 bits per heavy atom. The molecule has 3 rings (SSSR count). The third-order valence-corrected chi connectivity index (χ3v) is 7.56. The van der Waals surface area contributed by atoms with Crippen molar-refractivity contribution in [3.8, 4) is 5.75 Å². The highest BCUT2D eigenvalue weighted by atomic mass is 32.2. The van der Waals surface area contributed by atoms with Gasteiger partial charge in [0.05, 0.1) is 13.2 Å². The van der Waals surface area contributed by atoms with Crippen LogP contribution < -0.4 is 4.74 Å². The molecule has 2 aliphatic heterocycles. The van der Waals surface area contributed by atoms with Crippen molar-refractivity contribution < 1.29 is 22.7 Å². The van der Waals surface area contributed by atoms with Gasteiger partial charge in [-0.25, -0.2) is 8.42 Å². The van der Waals surface area contributed by atoms with E-state index in [-0.39, 0.29) is 22.7 Å². The number of likely N-dealkylation sites (N-methyl/N-ethyl adjacent to an activating group) is 1. The molecule has 3 atom stereocenters. The van der Waals surface area contributed by atoms with Crippen LogP contribution in [0.1, 0.15) is 43.5 Å². The van der Waals surface area contributed by atoms with E-state index in [1.165, 1.54) is 17.5 Å². The van der Waals surface area contributed by atoms with Gasteiger partial charge in [0.15, 0.2) is 0 Å². The average Bonchev–Trinajstić information content (AvgIpc) is 3.19. The Labute approximate surface area is 174 Å². The van der Waals surface area contributed by atoms with Crippen LogP contribution in [0, 0.1) is 11.8 Å². The molecule has 162 valence electrons. The first-order valence-electron chi connectivity index (χ1n) is 10.3. The molecule has 2 heterocycles. The van der Waals surface area contributed by atoms with Crippen LogP contribution in [0.3, 0.4) is 0 Å². The van der Waals surface area contributed by atoms with E-state index >= 15 is 0 Å². The van der Waals surface area contributed by atoms with Gasteiger partial charge >= 0.3 is 0 Å². The van der Waals surface area contributed by atoms with Gasteiger partial charge in [0.1, 0.15) is 10.6 Å². The van der Waals surface area contributed by atoms with E-state index in [1.807, 2.05) is 0 Å². The minimum atomic E-state index is -3.76. The van der Waals surface area contributed by atoms with Crippen molar-refractivity contribution in [2.75, 3.05) is 40.4 Å². The second kappa shape index (κ2) is 9.02. The summed E-state index contributed by atoms with van der Waals surface area (Å²) in [6, 6.07) is 4.64. The Morgan fingerprint density at radius 1 is 1.28 bits per heavy atom. The largest absolute Gasteiger partial charge is 0.495 e. The van der Waals surface area contributed by atoms with E-state index in [0.717, 1.165) is 25.9 Å². The molecule has 0 radical (unpaired) electrons. The number of rotatable bonds is 6. The Hall–Kier alpha value is -1.64. The average molecular weight is 425 g/mol. The highest BCUT2D eigenvalue weighted by molar-refractivity contribution is 7.89. The second-order valence-electron chi connectivity index (χ2n) is 8.45. The van der Waals surface area contributed by atoms with Crippen molar-refractivity contribution in [2.45, 2.75) is 44.1 Å². The molecule has 3 unspecified atom stereocenters. The molecule has 1 aromatic carbocycles. The lowest BCUT2D eigenvalue weighted by Gasteiger charge is -2.34. The number of piperidine rings is 1. The fourth-order valence-electron chi connectivity index (χ4n) is 4.35. The Balaban J connectivity index is 1.87. The van der Waals surface area contributed by atoms with Crippen molar-refractivity contribution in [1.29, 1.82) is 0 Å². The van der Waals surface area contributed by atoms with Crippen LogP contribution in [0.5, 0.6) is 5.75 Å². The zero-order valence-corrected chi connectivity index (χ0v) is 18.6. The molecule has 29 heavy (non-hydrogen) atoms. The molecular formula is C21H32N2O5S. The summed E-state index contributed by atoms with van der Waals surface area (Å²) in [7, 11) is -0.598. The van der Waals surface area contributed by atoms with E-state index in [4.69, 9.17) is 9.47 Å². The first kappa shape index (κ1) is 22.1. The lowest BCUT2D eigenvalue weighted by Crippen LogP contribution is -2.42. The number of nitrogens with zero attached hydrogens (tertiary/aromatic N) is 2. The number of carbonyl (C=O) groups is 1. The number of sulfonamides is 1. The van der Waals surface area contributed by atoms with E-state index in [1.54, 1.807) is 24.1 Å². The molecule has 0 saturated carbocycles. The summed E-state index contributed by atoms with van der Waals surface area (Å²) >= 11 is 0. The van der Waals surface area contributed by atoms with Gasteiger partial charge in [0, 0.05) is 38.9 Å². The lowest BCUT2D eigenvalue weighted by molar-refractivity contribution is 0.0587. The van der Waals surface area contributed by atoms with Crippen molar-refractivity contribution in [1.82, 2.24) is 9.21 Å². The number of amides is 1. The van der Waals surface area contributed by atoms with E-state index in [0.29, 0.717) is 37.0 Å². The van der Waals surface area contributed by atoms with Gasteiger partial charge in [-0.2, -0.15) is 4.31 Å². The van der Waals surface area contributed by atoms with Crippen LogP contribution in [-0.2, 0) is 14.8 Å². The molecule has 2 saturated heterocycles. The lowest BCUT2D eigenvalue weighted by atomic mass is 9.94. The molecular weight excluding hydrogens is 392 g/mol. The first-order valence-corrected chi connectivity index (χ1v) is 11.7. The molecule has 0 N–H and O–H groups in total. The number of benzene rings is 1. The van der Waals surface area contributed by atoms with Gasteiger partial charge in [-0.05, 0) is 49.3 Å². The maximum Gasteiger partial charge on any atom is 0.253 e. The van der Waals surface area contributed by atoms with Crippen LogP contribution in [-0.4, -0.2) is 70.0 Å². The van der Waals surface area contributed by atoms with Crippen molar-refractivity contribution >= 4 is 15.9 Å². The molecule has 8 heteroatoms. The van der Waals surface area contributed by atoms with Crippen LogP contribution in [0.2, 0.25) is 0 Å². The Morgan fingerprint density at radius 3 is 2.55 bits per heavy atom. The molecule has 1 aromatic rings. The highest BCUT2D eigenvalue weighted by Crippen LogP contribution is 2.32. The summed E-state index contributed by atoms with van der Waals surface area (Å²) in [5, 5.41) is 0. The van der Waals surface area contributed by atoms with Gasteiger partial charge in [0.25, 0.3) is 5.91 Å². The Kier molecular flexibility index (Phi) is 6.86. The fraction of sp³-hybridized carbons (Fsp3) is 0.667. The predicted molar refractivity (Wildman–Crippen MR) is 111 cm³/mol. The summed E-state index contributed by atoms with van der Waals surface area (Å²) in [5.74, 6) is 0.623. The van der Waals surface area contributed by atoms with Crippen LogP contribution >= 0.6 is 0 Å². The number of carbonyl (C=O) groups excluding carboxylic acids is 1. The highest BCUT2D eigenvalue weighted by Gasteiger charge is 2.34. The number of methoxy groups -OCH3 is 1. The number of hydrogen-bond acceptors (Lipinski definition) is 5. The topological polar surface area (TPSA) is 76.1 Å². The van der Waals surface area contributed by atoms with Gasteiger partial charge in [-0.15, -0.1) is 0 Å². The second-order valence-corrected chi connectivity index (χ2v) is 10.4. The summed E-state index contributed by atoms with van der Waals surface area (Å²) in [4.78, 5) is 14.6. The van der Waals surface area contributed by atoms with Crippen LogP contribution in [0.15, 0.2) is 23.1 Å². The maximum atomic E-state index is 13.4. The SMILES string of the molecule is COc1ccc(C(=O)N(C)CC2CCCO2)cc1S(=O)(=O)N1CC(C)CC(C)C1. The third kappa shape index (κ3) is 4.92. The van der Waals surface area contributed by atoms with Gasteiger partial charge in [-0.3, -0.25) is 4.79 Å². The molecule has 0 aliphatic carbocycles. The number of ether oxygens (including phenoxy) is 2. The zero-order valence-electron chi connectivity index (χ0n) is 17.8. The summed E-state index contributed by atoms with van der Waals surface area (Å²) in [6.07, 6.45) is 2.99. The molecule has 0 aromatic heterocycles. The Bertz CT molecular complexity index is 825. The predicted octanol–water partition coefficient (Wildman–Crippen LogP) is 2.61. The normalized spacial score (nSPS) is 25.7. The molecule has 2 aliphatic rings. The van der Waals surface area contributed by atoms with E-state index in [9.17, 15) is 13.2 Å². The van der Waals surface area contributed by atoms with Gasteiger partial charge in [-0.1, -0.05) is 13.8 Å². The van der Waals surface area contributed by atoms with E-state index in [2.05, 4.69) is 13.8 Å². The fourth-order valence-corrected chi connectivity index (χ4v) is 6.21. The molecule has 7 nitrogen and oxygen atoms in total. The minimum absolute atomic E-state index is 0.0433. The monoisotopic (exact) mass is 424 g/mol. The standard InChI is InChI=1S/C21H32N2O5S/c1-15-10-16(2)13-23(12-15)29(25,26)20-11-17(7-8-19(20)27-4)21(24)22(3)14-18-6-5-9-28-18/h7-8,11,15-16,18H,5-6,9-10,12-14H2,1-4H3. The third-order valence-electron chi connectivity index (χ3n) is 5.71. The van der Waals surface area contributed by atoms with Gasteiger partial charge < -0.3 is 14.4 Å². The molecule has 0 spiro atoms.